The molecule has 6 rings (SSSR count). The first-order valence-corrected chi connectivity index (χ1v) is 11.7. The van der Waals surface area contributed by atoms with E-state index in [9.17, 15) is 4.79 Å². The molecule has 1 saturated heterocycles. The van der Waals surface area contributed by atoms with Gasteiger partial charge in [0.05, 0.1) is 17.3 Å². The molecule has 0 bridgehead atoms. The van der Waals surface area contributed by atoms with Crippen molar-refractivity contribution in [3.05, 3.63) is 77.8 Å². The average Bonchev–Trinajstić information content (AvgIpc) is 3.37. The SMILES string of the molecule is Cc1ccc(OC[C@@H]2CCN2)cc1C(=O)NC1(c2cc(-c3ncco3)cc3ncccc23)CC1. The lowest BCUT2D eigenvalue weighted by Gasteiger charge is -2.27. The van der Waals surface area contributed by atoms with Gasteiger partial charge in [-0.2, -0.15) is 0 Å². The summed E-state index contributed by atoms with van der Waals surface area (Å²) in [4.78, 5) is 22.3. The third kappa shape index (κ3) is 3.82. The summed E-state index contributed by atoms with van der Waals surface area (Å²) >= 11 is 0. The molecule has 4 aromatic rings. The predicted molar refractivity (Wildman–Crippen MR) is 129 cm³/mol. The molecule has 172 valence electrons. The summed E-state index contributed by atoms with van der Waals surface area (Å²) in [6.45, 7) is 3.61. The van der Waals surface area contributed by atoms with Crippen LogP contribution in [0.5, 0.6) is 5.75 Å². The van der Waals surface area contributed by atoms with Crippen molar-refractivity contribution in [2.45, 2.75) is 37.8 Å². The van der Waals surface area contributed by atoms with Gasteiger partial charge in [-0.1, -0.05) is 12.1 Å². The van der Waals surface area contributed by atoms with Crippen molar-refractivity contribution in [1.29, 1.82) is 0 Å². The lowest BCUT2D eigenvalue weighted by Crippen LogP contribution is -2.46. The molecule has 1 amide bonds. The summed E-state index contributed by atoms with van der Waals surface area (Å²) in [6, 6.07) is 14.1. The van der Waals surface area contributed by atoms with Gasteiger partial charge in [0.1, 0.15) is 18.6 Å². The summed E-state index contributed by atoms with van der Waals surface area (Å²) in [5, 5.41) is 7.69. The fourth-order valence-electron chi connectivity index (χ4n) is 4.56. The molecule has 7 heteroatoms. The summed E-state index contributed by atoms with van der Waals surface area (Å²) in [6.07, 6.45) is 7.81. The number of nitrogens with zero attached hydrogens (tertiary/aromatic N) is 2. The summed E-state index contributed by atoms with van der Waals surface area (Å²) in [5.41, 5.74) is 3.85. The number of aromatic nitrogens is 2. The first-order valence-electron chi connectivity index (χ1n) is 11.7. The van der Waals surface area contributed by atoms with Crippen LogP contribution in [0.15, 0.2) is 65.5 Å². The Labute approximate surface area is 197 Å². The van der Waals surface area contributed by atoms with Gasteiger partial charge in [0.25, 0.3) is 5.91 Å². The lowest BCUT2D eigenvalue weighted by atomic mass is 9.95. The second-order valence-electron chi connectivity index (χ2n) is 9.19. The van der Waals surface area contributed by atoms with Crippen LogP contribution in [0.3, 0.4) is 0 Å². The average molecular weight is 455 g/mol. The van der Waals surface area contributed by atoms with E-state index < -0.39 is 5.54 Å². The Kier molecular flexibility index (Phi) is 5.07. The highest BCUT2D eigenvalue weighted by molar-refractivity contribution is 5.97. The molecular formula is C27H26N4O3. The fraction of sp³-hybridized carbons (Fsp3) is 0.296. The highest BCUT2D eigenvalue weighted by Gasteiger charge is 2.47. The quantitative estimate of drug-likeness (QED) is 0.431. The molecule has 2 aromatic carbocycles. The summed E-state index contributed by atoms with van der Waals surface area (Å²) < 4.78 is 11.5. The first kappa shape index (κ1) is 20.9. The second-order valence-corrected chi connectivity index (χ2v) is 9.19. The van der Waals surface area contributed by atoms with Gasteiger partial charge in [-0.05, 0) is 74.2 Å². The standard InChI is InChI=1S/C27H26N4O3/c1-17-4-5-20(34-16-19-6-10-28-19)15-22(17)25(32)31-27(7-8-27)23-13-18(26-30-11-12-33-26)14-24-21(23)3-2-9-29-24/h2-5,9,11-15,19,28H,6-8,10,16H2,1H3,(H,31,32)/t19-/m0/s1. The van der Waals surface area contributed by atoms with Gasteiger partial charge < -0.3 is 19.8 Å². The molecular weight excluding hydrogens is 428 g/mol. The zero-order valence-electron chi connectivity index (χ0n) is 19.0. The molecule has 1 aliphatic carbocycles. The monoisotopic (exact) mass is 454 g/mol. The maximum atomic E-state index is 13.5. The van der Waals surface area contributed by atoms with E-state index in [1.54, 1.807) is 18.7 Å². The Morgan fingerprint density at radius 1 is 1.21 bits per heavy atom. The molecule has 0 radical (unpaired) electrons. The Bertz CT molecular complexity index is 1360. The number of carbonyl (C=O) groups is 1. The molecule has 2 fully saturated rings. The van der Waals surface area contributed by atoms with Gasteiger partial charge in [0.2, 0.25) is 5.89 Å². The number of fused-ring (bicyclic) bond motifs is 1. The molecule has 1 aliphatic heterocycles. The van der Waals surface area contributed by atoms with Gasteiger partial charge >= 0.3 is 0 Å². The van der Waals surface area contributed by atoms with Crippen molar-refractivity contribution in [1.82, 2.24) is 20.6 Å². The van der Waals surface area contributed by atoms with E-state index in [4.69, 9.17) is 9.15 Å². The molecule has 0 spiro atoms. The molecule has 3 heterocycles. The fourth-order valence-corrected chi connectivity index (χ4v) is 4.56. The van der Waals surface area contributed by atoms with E-state index in [1.165, 1.54) is 0 Å². The Hall–Kier alpha value is -3.71. The van der Waals surface area contributed by atoms with Crippen LogP contribution in [0.2, 0.25) is 0 Å². The summed E-state index contributed by atoms with van der Waals surface area (Å²) in [7, 11) is 0. The van der Waals surface area contributed by atoms with Crippen molar-refractivity contribution in [3.8, 4) is 17.2 Å². The molecule has 2 aromatic heterocycles. The van der Waals surface area contributed by atoms with Crippen molar-refractivity contribution >= 4 is 16.8 Å². The molecule has 1 atom stereocenters. The Morgan fingerprint density at radius 2 is 2.09 bits per heavy atom. The largest absolute Gasteiger partial charge is 0.492 e. The minimum atomic E-state index is -0.444. The predicted octanol–water partition coefficient (Wildman–Crippen LogP) is 4.36. The number of hydrogen-bond donors (Lipinski definition) is 2. The third-order valence-electron chi connectivity index (χ3n) is 6.85. The minimum Gasteiger partial charge on any atom is -0.492 e. The number of oxazole rings is 1. The van der Waals surface area contributed by atoms with E-state index in [1.807, 2.05) is 37.3 Å². The maximum Gasteiger partial charge on any atom is 0.252 e. The van der Waals surface area contributed by atoms with Gasteiger partial charge in [0, 0.05) is 28.8 Å². The van der Waals surface area contributed by atoms with Gasteiger partial charge in [0.15, 0.2) is 0 Å². The third-order valence-corrected chi connectivity index (χ3v) is 6.85. The van der Waals surface area contributed by atoms with Crippen LogP contribution in [-0.2, 0) is 5.54 Å². The van der Waals surface area contributed by atoms with Crippen LogP contribution >= 0.6 is 0 Å². The molecule has 2 N–H and O–H groups in total. The molecule has 34 heavy (non-hydrogen) atoms. The van der Waals surface area contributed by atoms with E-state index in [0.717, 1.165) is 59.2 Å². The first-order chi connectivity index (χ1) is 16.6. The van der Waals surface area contributed by atoms with Gasteiger partial charge in [-0.15, -0.1) is 0 Å². The topological polar surface area (TPSA) is 89.3 Å². The number of amides is 1. The van der Waals surface area contributed by atoms with Gasteiger partial charge in [-0.25, -0.2) is 4.98 Å². The Balaban J connectivity index is 1.31. The highest BCUT2D eigenvalue weighted by Crippen LogP contribution is 2.49. The zero-order chi connectivity index (χ0) is 23.1. The van der Waals surface area contributed by atoms with Crippen LogP contribution in [0.4, 0.5) is 0 Å². The normalized spacial score (nSPS) is 18.3. The van der Waals surface area contributed by atoms with Gasteiger partial charge in [-0.3, -0.25) is 9.78 Å². The molecule has 1 saturated carbocycles. The van der Waals surface area contributed by atoms with E-state index >= 15 is 0 Å². The highest BCUT2D eigenvalue weighted by atomic mass is 16.5. The van der Waals surface area contributed by atoms with Crippen molar-refractivity contribution in [3.63, 3.8) is 0 Å². The number of aryl methyl sites for hydroxylation is 1. The zero-order valence-corrected chi connectivity index (χ0v) is 19.0. The minimum absolute atomic E-state index is 0.0965. The number of pyridine rings is 1. The molecule has 0 unspecified atom stereocenters. The van der Waals surface area contributed by atoms with E-state index in [-0.39, 0.29) is 5.91 Å². The van der Waals surface area contributed by atoms with Crippen molar-refractivity contribution in [2.24, 2.45) is 0 Å². The van der Waals surface area contributed by atoms with Crippen LogP contribution < -0.4 is 15.4 Å². The second kappa shape index (κ2) is 8.25. The molecule has 2 aliphatic rings. The van der Waals surface area contributed by atoms with Crippen LogP contribution in [-0.4, -0.2) is 35.1 Å². The number of nitrogens with one attached hydrogen (secondary N) is 2. The smallest absolute Gasteiger partial charge is 0.252 e. The number of benzene rings is 2. The van der Waals surface area contributed by atoms with Crippen molar-refractivity contribution in [2.75, 3.05) is 13.2 Å². The van der Waals surface area contributed by atoms with Crippen molar-refractivity contribution < 1.29 is 13.9 Å². The van der Waals surface area contributed by atoms with Crippen LogP contribution in [0, 0.1) is 6.92 Å². The molecule has 7 nitrogen and oxygen atoms in total. The van der Waals surface area contributed by atoms with E-state index in [0.29, 0.717) is 24.1 Å². The van der Waals surface area contributed by atoms with Crippen LogP contribution in [0.25, 0.3) is 22.4 Å². The Morgan fingerprint density at radius 3 is 2.82 bits per heavy atom. The number of ether oxygens (including phenoxy) is 1. The number of rotatable bonds is 7. The number of hydrogen-bond acceptors (Lipinski definition) is 6. The summed E-state index contributed by atoms with van der Waals surface area (Å²) in [5.74, 6) is 1.16. The van der Waals surface area contributed by atoms with Crippen LogP contribution in [0.1, 0.15) is 40.7 Å². The number of carbonyl (C=O) groups excluding carboxylic acids is 1. The maximum absolute atomic E-state index is 13.5. The lowest BCUT2D eigenvalue weighted by molar-refractivity contribution is 0.0930. The van der Waals surface area contributed by atoms with E-state index in [2.05, 4.69) is 32.7 Å².